The molecule has 2 aliphatic heterocycles. The molecule has 2 aliphatic rings. The van der Waals surface area contributed by atoms with E-state index in [0.29, 0.717) is 6.54 Å². The molecule has 0 unspecified atom stereocenters. The molecule has 0 aromatic carbocycles. The number of carbonyl (C=O) groups excluding carboxylic acids is 3. The lowest BCUT2D eigenvalue weighted by atomic mass is 10.1. The maximum Gasteiger partial charge on any atom is 0.325 e. The minimum atomic E-state index is -0.509. The second-order valence-electron chi connectivity index (χ2n) is 5.01. The van der Waals surface area contributed by atoms with Gasteiger partial charge in [0.05, 0.1) is 0 Å². The first-order valence-corrected chi connectivity index (χ1v) is 6.50. The van der Waals surface area contributed by atoms with Gasteiger partial charge in [0.15, 0.2) is 0 Å². The van der Waals surface area contributed by atoms with Crippen LogP contribution in [0.5, 0.6) is 0 Å². The molecule has 106 valence electrons. The number of aromatic nitrogens is 2. The molecule has 1 aromatic rings. The van der Waals surface area contributed by atoms with Gasteiger partial charge in [0.2, 0.25) is 11.8 Å². The summed E-state index contributed by atoms with van der Waals surface area (Å²) in [5, 5.41) is 5.03. The van der Waals surface area contributed by atoms with Crippen molar-refractivity contribution in [1.29, 1.82) is 0 Å². The highest BCUT2D eigenvalue weighted by Gasteiger charge is 2.29. The SMILES string of the molecule is O=C1CN(CC(=O)N[C@@H]2CCc3nccn3C2)C(=O)N1. The highest BCUT2D eigenvalue weighted by atomic mass is 16.2. The fraction of sp³-hybridized carbons (Fsp3) is 0.500. The van der Waals surface area contributed by atoms with E-state index < -0.39 is 6.03 Å². The van der Waals surface area contributed by atoms with Crippen molar-refractivity contribution in [3.63, 3.8) is 0 Å². The lowest BCUT2D eigenvalue weighted by Gasteiger charge is -2.25. The molecule has 8 nitrogen and oxygen atoms in total. The summed E-state index contributed by atoms with van der Waals surface area (Å²) in [7, 11) is 0. The fourth-order valence-electron chi connectivity index (χ4n) is 2.54. The second kappa shape index (κ2) is 4.95. The molecule has 0 saturated carbocycles. The number of nitrogens with one attached hydrogen (secondary N) is 2. The maximum atomic E-state index is 11.9. The normalized spacial score (nSPS) is 21.6. The molecule has 1 atom stereocenters. The van der Waals surface area contributed by atoms with Crippen LogP contribution in [-0.2, 0) is 22.6 Å². The quantitative estimate of drug-likeness (QED) is 0.683. The molecular weight excluding hydrogens is 262 g/mol. The smallest absolute Gasteiger partial charge is 0.325 e. The van der Waals surface area contributed by atoms with Gasteiger partial charge >= 0.3 is 6.03 Å². The fourth-order valence-corrected chi connectivity index (χ4v) is 2.54. The molecule has 1 saturated heterocycles. The van der Waals surface area contributed by atoms with Crippen LogP contribution < -0.4 is 10.6 Å². The Bertz CT molecular complexity index is 567. The molecule has 20 heavy (non-hydrogen) atoms. The zero-order valence-corrected chi connectivity index (χ0v) is 10.8. The maximum absolute atomic E-state index is 11.9. The number of urea groups is 1. The number of aryl methyl sites for hydroxylation is 1. The predicted octanol–water partition coefficient (Wildman–Crippen LogP) is -1.13. The van der Waals surface area contributed by atoms with Crippen LogP contribution in [0.1, 0.15) is 12.2 Å². The molecule has 0 radical (unpaired) electrons. The average Bonchev–Trinajstić information content (AvgIpc) is 2.96. The molecular formula is C12H15N5O3. The number of amides is 4. The molecule has 8 heteroatoms. The van der Waals surface area contributed by atoms with E-state index in [1.54, 1.807) is 6.20 Å². The Labute approximate surface area is 115 Å². The van der Waals surface area contributed by atoms with Gasteiger partial charge in [0.1, 0.15) is 18.9 Å². The second-order valence-corrected chi connectivity index (χ2v) is 5.01. The zero-order valence-electron chi connectivity index (χ0n) is 10.8. The van der Waals surface area contributed by atoms with E-state index in [2.05, 4.69) is 15.6 Å². The first kappa shape index (κ1) is 12.6. The Balaban J connectivity index is 1.53. The van der Waals surface area contributed by atoms with Crippen molar-refractivity contribution in [1.82, 2.24) is 25.1 Å². The summed E-state index contributed by atoms with van der Waals surface area (Å²) in [6.45, 7) is 0.541. The molecule has 4 amide bonds. The lowest BCUT2D eigenvalue weighted by molar-refractivity contribution is -0.122. The van der Waals surface area contributed by atoms with E-state index in [0.717, 1.165) is 18.7 Å². The number of imide groups is 1. The van der Waals surface area contributed by atoms with E-state index >= 15 is 0 Å². The molecule has 1 aromatic heterocycles. The van der Waals surface area contributed by atoms with Crippen molar-refractivity contribution in [2.75, 3.05) is 13.1 Å². The lowest BCUT2D eigenvalue weighted by Crippen LogP contribution is -2.46. The predicted molar refractivity (Wildman–Crippen MR) is 67.6 cm³/mol. The van der Waals surface area contributed by atoms with Crippen molar-refractivity contribution in [2.24, 2.45) is 0 Å². The summed E-state index contributed by atoms with van der Waals surface area (Å²) >= 11 is 0. The van der Waals surface area contributed by atoms with Crippen molar-refractivity contribution in [3.8, 4) is 0 Å². The van der Waals surface area contributed by atoms with Gasteiger partial charge < -0.3 is 14.8 Å². The zero-order chi connectivity index (χ0) is 14.1. The van der Waals surface area contributed by atoms with Crippen LogP contribution in [0, 0.1) is 0 Å². The number of hydrogen-bond acceptors (Lipinski definition) is 4. The largest absolute Gasteiger partial charge is 0.350 e. The molecule has 3 rings (SSSR count). The monoisotopic (exact) mass is 277 g/mol. The number of carbonyl (C=O) groups is 3. The third kappa shape index (κ3) is 2.49. The highest BCUT2D eigenvalue weighted by Crippen LogP contribution is 2.13. The third-order valence-corrected chi connectivity index (χ3v) is 3.50. The minimum Gasteiger partial charge on any atom is -0.350 e. The molecule has 0 spiro atoms. The number of rotatable bonds is 3. The van der Waals surface area contributed by atoms with Crippen molar-refractivity contribution in [2.45, 2.75) is 25.4 Å². The minimum absolute atomic E-state index is 0.0329. The van der Waals surface area contributed by atoms with E-state index in [4.69, 9.17) is 0 Å². The van der Waals surface area contributed by atoms with E-state index in [9.17, 15) is 14.4 Å². The topological polar surface area (TPSA) is 96.3 Å². The summed E-state index contributed by atoms with van der Waals surface area (Å²) < 4.78 is 2.01. The molecule has 0 aliphatic carbocycles. The molecule has 3 heterocycles. The Morgan fingerprint density at radius 2 is 2.35 bits per heavy atom. The summed E-state index contributed by atoms with van der Waals surface area (Å²) in [6.07, 6.45) is 5.29. The Morgan fingerprint density at radius 3 is 3.10 bits per heavy atom. The van der Waals surface area contributed by atoms with E-state index in [-0.39, 0.29) is 30.9 Å². The van der Waals surface area contributed by atoms with Gasteiger partial charge in [-0.3, -0.25) is 14.9 Å². The third-order valence-electron chi connectivity index (χ3n) is 3.50. The molecule has 2 N–H and O–H groups in total. The number of hydrogen-bond donors (Lipinski definition) is 2. The summed E-state index contributed by atoms with van der Waals surface area (Å²) in [4.78, 5) is 39.7. The number of imidazole rings is 1. The molecule has 0 bridgehead atoms. The first-order chi connectivity index (χ1) is 9.61. The first-order valence-electron chi connectivity index (χ1n) is 6.50. The van der Waals surface area contributed by atoms with Gasteiger partial charge in [-0.1, -0.05) is 0 Å². The van der Waals surface area contributed by atoms with Crippen LogP contribution in [-0.4, -0.2) is 51.4 Å². The average molecular weight is 277 g/mol. The number of nitrogens with zero attached hydrogens (tertiary/aromatic N) is 3. The Hall–Kier alpha value is -2.38. The highest BCUT2D eigenvalue weighted by molar-refractivity contribution is 6.03. The van der Waals surface area contributed by atoms with Crippen LogP contribution in [0.2, 0.25) is 0 Å². The van der Waals surface area contributed by atoms with Gasteiger partial charge in [-0.2, -0.15) is 0 Å². The summed E-state index contributed by atoms with van der Waals surface area (Å²) in [5.41, 5.74) is 0. The van der Waals surface area contributed by atoms with Crippen LogP contribution >= 0.6 is 0 Å². The van der Waals surface area contributed by atoms with Gasteiger partial charge in [-0.15, -0.1) is 0 Å². The standard InChI is InChI=1S/C12H15N5O3/c18-10(6-17-7-11(19)15-12(17)20)14-8-1-2-9-13-3-4-16(9)5-8/h3-4,8H,1-2,5-7H2,(H,14,18)(H,15,19,20)/t8-/m1/s1. The van der Waals surface area contributed by atoms with Gasteiger partial charge in [0, 0.05) is 31.4 Å². The van der Waals surface area contributed by atoms with Gasteiger partial charge in [0.25, 0.3) is 0 Å². The van der Waals surface area contributed by atoms with Crippen molar-refractivity contribution >= 4 is 17.8 Å². The van der Waals surface area contributed by atoms with Crippen molar-refractivity contribution in [3.05, 3.63) is 18.2 Å². The van der Waals surface area contributed by atoms with Gasteiger partial charge in [-0.25, -0.2) is 9.78 Å². The van der Waals surface area contributed by atoms with Crippen molar-refractivity contribution < 1.29 is 14.4 Å². The van der Waals surface area contributed by atoms with Crippen LogP contribution in [0.3, 0.4) is 0 Å². The van der Waals surface area contributed by atoms with Crippen LogP contribution in [0.15, 0.2) is 12.4 Å². The number of fused-ring (bicyclic) bond motifs is 1. The summed E-state index contributed by atoms with van der Waals surface area (Å²) in [6, 6.07) is -0.476. The van der Waals surface area contributed by atoms with Crippen LogP contribution in [0.4, 0.5) is 4.79 Å². The van der Waals surface area contributed by atoms with E-state index in [1.807, 2.05) is 10.8 Å². The summed E-state index contributed by atoms with van der Waals surface area (Å²) in [5.74, 6) is 0.409. The Morgan fingerprint density at radius 1 is 1.50 bits per heavy atom. The van der Waals surface area contributed by atoms with E-state index in [1.165, 1.54) is 4.90 Å². The van der Waals surface area contributed by atoms with Gasteiger partial charge in [-0.05, 0) is 6.42 Å². The Kier molecular flexibility index (Phi) is 3.13. The molecule has 1 fully saturated rings. The van der Waals surface area contributed by atoms with Crippen LogP contribution in [0.25, 0.3) is 0 Å².